The number of carbonyl (C=O) groups excluding carboxylic acids is 3. The minimum atomic E-state index is -0.449. The van der Waals surface area contributed by atoms with Crippen LogP contribution in [-0.4, -0.2) is 30.0 Å². The first-order valence-corrected chi connectivity index (χ1v) is 10.3. The molecule has 31 heavy (non-hydrogen) atoms. The van der Waals surface area contributed by atoms with Gasteiger partial charge >= 0.3 is 0 Å². The largest absolute Gasteiger partial charge is 0.342 e. The Morgan fingerprint density at radius 1 is 0.935 bits per heavy atom. The summed E-state index contributed by atoms with van der Waals surface area (Å²) in [4.78, 5) is 37.4. The van der Waals surface area contributed by atoms with E-state index in [1.54, 1.807) is 0 Å². The van der Waals surface area contributed by atoms with Gasteiger partial charge in [-0.25, -0.2) is 5.01 Å². The highest BCUT2D eigenvalue weighted by atomic mass is 16.2. The Bertz CT molecular complexity index is 1070. The number of benzene rings is 2. The van der Waals surface area contributed by atoms with E-state index in [0.717, 1.165) is 33.5 Å². The van der Waals surface area contributed by atoms with E-state index >= 15 is 0 Å². The Morgan fingerprint density at radius 3 is 2.29 bits per heavy atom. The number of nitrogens with zero attached hydrogens (tertiary/aromatic N) is 2. The normalized spacial score (nSPS) is 13.6. The average Bonchev–Trinajstić information content (AvgIpc) is 2.71. The van der Waals surface area contributed by atoms with Crippen molar-refractivity contribution in [1.29, 1.82) is 0 Å². The number of aryl methyl sites for hydroxylation is 5. The van der Waals surface area contributed by atoms with E-state index < -0.39 is 5.91 Å². The lowest BCUT2D eigenvalue weighted by Crippen LogP contribution is -2.41. The summed E-state index contributed by atoms with van der Waals surface area (Å²) in [7, 11) is 0. The van der Waals surface area contributed by atoms with Crippen LogP contribution in [0.15, 0.2) is 35.4 Å². The highest BCUT2D eigenvalue weighted by Crippen LogP contribution is 2.25. The Morgan fingerprint density at radius 2 is 1.61 bits per heavy atom. The molecule has 0 bridgehead atoms. The minimum absolute atomic E-state index is 0.159. The maximum absolute atomic E-state index is 12.6. The molecule has 0 aliphatic carbocycles. The molecule has 1 aliphatic heterocycles. The molecular formula is C24H28N4O3. The molecule has 0 aromatic heterocycles. The van der Waals surface area contributed by atoms with Crippen molar-refractivity contribution in [3.8, 4) is 0 Å². The van der Waals surface area contributed by atoms with Gasteiger partial charge in [-0.15, -0.1) is 0 Å². The Hall–Kier alpha value is -3.48. The van der Waals surface area contributed by atoms with Gasteiger partial charge in [-0.05, 0) is 62.9 Å². The maximum atomic E-state index is 12.6. The van der Waals surface area contributed by atoms with Gasteiger partial charge in [0.25, 0.3) is 5.91 Å². The molecule has 0 saturated carbocycles. The van der Waals surface area contributed by atoms with Crippen LogP contribution in [0, 0.1) is 34.6 Å². The van der Waals surface area contributed by atoms with Crippen LogP contribution in [0.1, 0.15) is 40.7 Å². The second-order valence-corrected chi connectivity index (χ2v) is 8.05. The lowest BCUT2D eigenvalue weighted by molar-refractivity contribution is -0.120. The summed E-state index contributed by atoms with van der Waals surface area (Å²) >= 11 is 0. The van der Waals surface area contributed by atoms with E-state index in [2.05, 4.69) is 15.7 Å². The van der Waals surface area contributed by atoms with Gasteiger partial charge in [0.15, 0.2) is 0 Å². The Balaban J connectivity index is 1.68. The van der Waals surface area contributed by atoms with Gasteiger partial charge in [0.05, 0.1) is 12.2 Å². The van der Waals surface area contributed by atoms with Gasteiger partial charge in [-0.3, -0.25) is 14.4 Å². The van der Waals surface area contributed by atoms with Gasteiger partial charge in [0.2, 0.25) is 11.8 Å². The Labute approximate surface area is 182 Å². The van der Waals surface area contributed by atoms with E-state index in [9.17, 15) is 14.4 Å². The fourth-order valence-corrected chi connectivity index (χ4v) is 3.68. The van der Waals surface area contributed by atoms with Crippen molar-refractivity contribution in [2.45, 2.75) is 47.5 Å². The molecule has 0 atom stereocenters. The fourth-order valence-electron chi connectivity index (χ4n) is 3.68. The number of carbonyl (C=O) groups is 3. The van der Waals surface area contributed by atoms with Crippen LogP contribution in [0.3, 0.4) is 0 Å². The molecule has 2 N–H and O–H groups in total. The SMILES string of the molecule is Cc1cc(C)c(NC(=O)CNC(=O)C2=NN(c3cc(C)ccc3C)C(=O)CC2)c(C)c1. The summed E-state index contributed by atoms with van der Waals surface area (Å²) in [5.74, 6) is -0.925. The molecule has 0 saturated heterocycles. The number of amides is 3. The first-order chi connectivity index (χ1) is 14.7. The van der Waals surface area contributed by atoms with Crippen LogP contribution in [0.4, 0.5) is 11.4 Å². The average molecular weight is 421 g/mol. The molecule has 1 aliphatic rings. The van der Waals surface area contributed by atoms with Crippen molar-refractivity contribution in [1.82, 2.24) is 5.32 Å². The summed E-state index contributed by atoms with van der Waals surface area (Å²) < 4.78 is 0. The quantitative estimate of drug-likeness (QED) is 0.776. The number of rotatable bonds is 5. The number of anilines is 2. The lowest BCUT2D eigenvalue weighted by Gasteiger charge is -2.24. The van der Waals surface area contributed by atoms with E-state index in [0.29, 0.717) is 5.69 Å². The highest BCUT2D eigenvalue weighted by molar-refractivity contribution is 6.40. The van der Waals surface area contributed by atoms with E-state index in [4.69, 9.17) is 0 Å². The van der Waals surface area contributed by atoms with Crippen LogP contribution < -0.4 is 15.6 Å². The lowest BCUT2D eigenvalue weighted by atomic mass is 10.1. The second kappa shape index (κ2) is 9.12. The topological polar surface area (TPSA) is 90.9 Å². The predicted octanol–water partition coefficient (Wildman–Crippen LogP) is 3.47. The first kappa shape index (κ1) is 22.2. The molecule has 2 aromatic carbocycles. The molecule has 7 nitrogen and oxygen atoms in total. The molecule has 0 unspecified atom stereocenters. The summed E-state index contributed by atoms with van der Waals surface area (Å²) in [6.07, 6.45) is 0.428. The zero-order valence-corrected chi connectivity index (χ0v) is 18.6. The predicted molar refractivity (Wildman–Crippen MR) is 122 cm³/mol. The molecular weight excluding hydrogens is 392 g/mol. The van der Waals surface area contributed by atoms with Crippen molar-refractivity contribution in [2.75, 3.05) is 16.9 Å². The summed E-state index contributed by atoms with van der Waals surface area (Å²) in [6, 6.07) is 9.74. The summed E-state index contributed by atoms with van der Waals surface area (Å²) in [5, 5.41) is 11.1. The van der Waals surface area contributed by atoms with Gasteiger partial charge in [0.1, 0.15) is 5.71 Å². The summed E-state index contributed by atoms with van der Waals surface area (Å²) in [6.45, 7) is 9.52. The number of hydrogen-bond donors (Lipinski definition) is 2. The molecule has 162 valence electrons. The van der Waals surface area contributed by atoms with E-state index in [1.165, 1.54) is 5.01 Å². The third-order valence-corrected chi connectivity index (χ3v) is 5.24. The molecule has 0 fully saturated rings. The van der Waals surface area contributed by atoms with Crippen molar-refractivity contribution in [2.24, 2.45) is 5.10 Å². The number of hydrazone groups is 1. The van der Waals surface area contributed by atoms with Crippen LogP contribution in [0.5, 0.6) is 0 Å². The van der Waals surface area contributed by atoms with Gasteiger partial charge in [-0.1, -0.05) is 29.8 Å². The minimum Gasteiger partial charge on any atom is -0.342 e. The molecule has 2 aromatic rings. The molecule has 3 amide bonds. The standard InChI is InChI=1S/C24H28N4O3/c1-14-6-7-16(3)20(12-14)28-22(30)9-8-19(27-28)24(31)25-13-21(29)26-23-17(4)10-15(2)11-18(23)5/h6-7,10-12H,8-9,13H2,1-5H3,(H,25,31)(H,26,29). The smallest absolute Gasteiger partial charge is 0.267 e. The highest BCUT2D eigenvalue weighted by Gasteiger charge is 2.26. The molecule has 0 spiro atoms. The third kappa shape index (κ3) is 5.17. The van der Waals surface area contributed by atoms with Crippen LogP contribution in [0.25, 0.3) is 0 Å². The molecule has 7 heteroatoms. The van der Waals surface area contributed by atoms with Crippen molar-refractivity contribution < 1.29 is 14.4 Å². The number of hydrogen-bond acceptors (Lipinski definition) is 4. The monoisotopic (exact) mass is 420 g/mol. The fraction of sp³-hybridized carbons (Fsp3) is 0.333. The zero-order valence-electron chi connectivity index (χ0n) is 18.6. The van der Waals surface area contributed by atoms with Crippen LogP contribution in [0.2, 0.25) is 0 Å². The Kier molecular flexibility index (Phi) is 6.53. The van der Waals surface area contributed by atoms with E-state index in [-0.39, 0.29) is 36.9 Å². The van der Waals surface area contributed by atoms with Gasteiger partial charge in [0, 0.05) is 18.5 Å². The number of nitrogens with one attached hydrogen (secondary N) is 2. The first-order valence-electron chi connectivity index (χ1n) is 10.3. The van der Waals surface area contributed by atoms with Crippen molar-refractivity contribution in [3.63, 3.8) is 0 Å². The van der Waals surface area contributed by atoms with Crippen LogP contribution in [-0.2, 0) is 14.4 Å². The molecule has 1 heterocycles. The third-order valence-electron chi connectivity index (χ3n) is 5.24. The molecule has 3 rings (SSSR count). The van der Waals surface area contributed by atoms with Crippen LogP contribution >= 0.6 is 0 Å². The van der Waals surface area contributed by atoms with Gasteiger partial charge < -0.3 is 10.6 Å². The van der Waals surface area contributed by atoms with Crippen molar-refractivity contribution >= 4 is 34.8 Å². The molecule has 0 radical (unpaired) electrons. The van der Waals surface area contributed by atoms with Crippen molar-refractivity contribution in [3.05, 3.63) is 58.1 Å². The van der Waals surface area contributed by atoms with Gasteiger partial charge in [-0.2, -0.15) is 5.10 Å². The van der Waals surface area contributed by atoms with E-state index in [1.807, 2.05) is 65.0 Å². The maximum Gasteiger partial charge on any atom is 0.267 e. The second-order valence-electron chi connectivity index (χ2n) is 8.05. The summed E-state index contributed by atoms with van der Waals surface area (Å²) in [5.41, 5.74) is 6.61. The zero-order chi connectivity index (χ0) is 22.7.